The molecule has 1 heterocycles. The van der Waals surface area contributed by atoms with Crippen LogP contribution in [0.5, 0.6) is 11.5 Å². The van der Waals surface area contributed by atoms with Gasteiger partial charge in [0.1, 0.15) is 11.5 Å². The fourth-order valence-electron chi connectivity index (χ4n) is 3.69. The smallest absolute Gasteiger partial charge is 0.224 e. The first-order valence-corrected chi connectivity index (χ1v) is 11.7. The molecule has 2 amide bonds. The molecule has 0 aromatic heterocycles. The molecule has 2 atom stereocenters. The van der Waals surface area contributed by atoms with E-state index in [0.717, 1.165) is 0 Å². The van der Waals surface area contributed by atoms with Crippen molar-refractivity contribution in [2.75, 3.05) is 36.4 Å². The summed E-state index contributed by atoms with van der Waals surface area (Å²) in [6, 6.07) is 13.7. The molecular weight excluding hydrogens is 420 g/mol. The van der Waals surface area contributed by atoms with Crippen molar-refractivity contribution in [1.82, 2.24) is 0 Å². The zero-order valence-corrected chi connectivity index (χ0v) is 18.3. The molecule has 8 nitrogen and oxygen atoms in total. The molecule has 3 rings (SSSR count). The van der Waals surface area contributed by atoms with Crippen LogP contribution < -0.4 is 20.1 Å². The van der Waals surface area contributed by atoms with Crippen LogP contribution in [0.4, 0.5) is 11.4 Å². The highest BCUT2D eigenvalue weighted by Crippen LogP contribution is 2.31. The molecule has 1 aliphatic heterocycles. The number of hydrogen-bond acceptors (Lipinski definition) is 6. The summed E-state index contributed by atoms with van der Waals surface area (Å²) in [7, 11) is -0.183. The first kappa shape index (κ1) is 22.6. The van der Waals surface area contributed by atoms with Gasteiger partial charge in [-0.1, -0.05) is 0 Å². The Morgan fingerprint density at radius 1 is 0.774 bits per heavy atom. The van der Waals surface area contributed by atoms with Gasteiger partial charge in [0.2, 0.25) is 11.8 Å². The van der Waals surface area contributed by atoms with Gasteiger partial charge in [-0.25, -0.2) is 8.42 Å². The second-order valence-electron chi connectivity index (χ2n) is 7.56. The van der Waals surface area contributed by atoms with Crippen molar-refractivity contribution in [2.45, 2.75) is 12.8 Å². The molecule has 9 heteroatoms. The summed E-state index contributed by atoms with van der Waals surface area (Å²) in [6.07, 6.45) is 0.0669. The van der Waals surface area contributed by atoms with Crippen LogP contribution in [0.2, 0.25) is 0 Å². The summed E-state index contributed by atoms with van der Waals surface area (Å²) in [4.78, 5) is 24.9. The Morgan fingerprint density at radius 2 is 1.13 bits per heavy atom. The molecule has 0 bridgehead atoms. The average molecular weight is 447 g/mol. The van der Waals surface area contributed by atoms with Gasteiger partial charge >= 0.3 is 0 Å². The van der Waals surface area contributed by atoms with Crippen LogP contribution in [-0.4, -0.2) is 46.0 Å². The monoisotopic (exact) mass is 446 g/mol. The number of rotatable bonds is 8. The van der Waals surface area contributed by atoms with Crippen LogP contribution in [0.1, 0.15) is 12.8 Å². The van der Waals surface area contributed by atoms with E-state index in [9.17, 15) is 18.0 Å². The lowest BCUT2D eigenvalue weighted by molar-refractivity contribution is -0.119. The van der Waals surface area contributed by atoms with Crippen molar-refractivity contribution in [3.8, 4) is 11.5 Å². The van der Waals surface area contributed by atoms with Crippen molar-refractivity contribution in [1.29, 1.82) is 0 Å². The van der Waals surface area contributed by atoms with Gasteiger partial charge in [-0.3, -0.25) is 9.59 Å². The lowest BCUT2D eigenvalue weighted by Gasteiger charge is -2.17. The van der Waals surface area contributed by atoms with E-state index < -0.39 is 21.7 Å². The molecule has 1 saturated heterocycles. The molecule has 2 aromatic rings. The Balaban J connectivity index is 1.59. The Morgan fingerprint density at radius 3 is 1.45 bits per heavy atom. The van der Waals surface area contributed by atoms with E-state index in [2.05, 4.69) is 10.6 Å². The van der Waals surface area contributed by atoms with Gasteiger partial charge in [-0.2, -0.15) is 0 Å². The van der Waals surface area contributed by atoms with Crippen LogP contribution >= 0.6 is 0 Å². The maximum absolute atomic E-state index is 12.5. The number of carbonyl (C=O) groups excluding carboxylic acids is 2. The highest BCUT2D eigenvalue weighted by molar-refractivity contribution is 7.91. The maximum atomic E-state index is 12.5. The largest absolute Gasteiger partial charge is 0.497 e. The van der Waals surface area contributed by atoms with Crippen molar-refractivity contribution in [3.63, 3.8) is 0 Å². The Labute approximate surface area is 181 Å². The average Bonchev–Trinajstić information content (AvgIpc) is 3.01. The molecule has 0 aliphatic carbocycles. The topological polar surface area (TPSA) is 111 Å². The second kappa shape index (κ2) is 9.82. The standard InChI is InChI=1S/C22H26N2O6S/c1-29-19-7-3-17(4-8-19)23-21(25)11-15-13-31(27,28)14-16(15)12-22(26)24-18-5-9-20(30-2)10-6-18/h3-10,15-16H,11-14H2,1-2H3,(H,23,25)(H,24,26)/t15-,16-/m1/s1. The van der Waals surface area contributed by atoms with Gasteiger partial charge in [0, 0.05) is 24.2 Å². The first-order valence-electron chi connectivity index (χ1n) is 9.86. The number of hydrogen-bond donors (Lipinski definition) is 2. The molecule has 0 saturated carbocycles. The van der Waals surface area contributed by atoms with Crippen molar-refractivity contribution in [3.05, 3.63) is 48.5 Å². The normalized spacial score (nSPS) is 19.4. The molecule has 0 unspecified atom stereocenters. The molecule has 2 aromatic carbocycles. The predicted molar refractivity (Wildman–Crippen MR) is 118 cm³/mol. The number of ether oxygens (including phenoxy) is 2. The minimum atomic E-state index is -3.29. The molecule has 0 spiro atoms. The maximum Gasteiger partial charge on any atom is 0.224 e. The lowest BCUT2D eigenvalue weighted by Crippen LogP contribution is -2.25. The fraction of sp³-hybridized carbons (Fsp3) is 0.364. The molecule has 31 heavy (non-hydrogen) atoms. The summed E-state index contributed by atoms with van der Waals surface area (Å²) in [5.41, 5.74) is 1.20. The van der Waals surface area contributed by atoms with Gasteiger partial charge in [0.15, 0.2) is 9.84 Å². The number of anilines is 2. The summed E-state index contributed by atoms with van der Waals surface area (Å²) >= 11 is 0. The minimum Gasteiger partial charge on any atom is -0.497 e. The third kappa shape index (κ3) is 6.45. The molecule has 166 valence electrons. The Hall–Kier alpha value is -3.07. The van der Waals surface area contributed by atoms with E-state index in [4.69, 9.17) is 9.47 Å². The SMILES string of the molecule is COc1ccc(NC(=O)C[C@@H]2CS(=O)(=O)C[C@H]2CC(=O)Nc2ccc(OC)cc2)cc1. The van der Waals surface area contributed by atoms with Crippen LogP contribution in [-0.2, 0) is 19.4 Å². The highest BCUT2D eigenvalue weighted by Gasteiger charge is 2.39. The molecule has 0 radical (unpaired) electrons. The van der Waals surface area contributed by atoms with E-state index in [-0.39, 0.29) is 36.2 Å². The second-order valence-corrected chi connectivity index (χ2v) is 9.71. The number of methoxy groups -OCH3 is 2. The minimum absolute atomic E-state index is 0.0335. The van der Waals surface area contributed by atoms with Crippen LogP contribution in [0.3, 0.4) is 0 Å². The molecule has 1 aliphatic rings. The molecule has 2 N–H and O–H groups in total. The summed E-state index contributed by atoms with van der Waals surface area (Å²) < 4.78 is 34.5. The van der Waals surface area contributed by atoms with Crippen LogP contribution in [0.25, 0.3) is 0 Å². The van der Waals surface area contributed by atoms with E-state index in [1.54, 1.807) is 62.8 Å². The Kier molecular flexibility index (Phi) is 7.17. The lowest BCUT2D eigenvalue weighted by atomic mass is 9.89. The third-order valence-electron chi connectivity index (χ3n) is 5.25. The number of sulfone groups is 1. The number of nitrogens with one attached hydrogen (secondary N) is 2. The Bertz CT molecular complexity index is 941. The van der Waals surface area contributed by atoms with Gasteiger partial charge in [-0.05, 0) is 60.4 Å². The zero-order chi connectivity index (χ0) is 22.4. The quantitative estimate of drug-likeness (QED) is 0.645. The fourth-order valence-corrected chi connectivity index (χ4v) is 5.91. The van der Waals surface area contributed by atoms with Gasteiger partial charge in [0.25, 0.3) is 0 Å². The van der Waals surface area contributed by atoms with Crippen LogP contribution in [0.15, 0.2) is 48.5 Å². The van der Waals surface area contributed by atoms with E-state index in [0.29, 0.717) is 22.9 Å². The van der Waals surface area contributed by atoms with E-state index in [1.165, 1.54) is 0 Å². The number of carbonyl (C=O) groups is 2. The van der Waals surface area contributed by atoms with Crippen molar-refractivity contribution < 1.29 is 27.5 Å². The third-order valence-corrected chi connectivity index (χ3v) is 7.12. The summed E-state index contributed by atoms with van der Waals surface area (Å²) in [6.45, 7) is 0. The van der Waals surface area contributed by atoms with Crippen molar-refractivity contribution in [2.24, 2.45) is 11.8 Å². The summed E-state index contributed by atoms with van der Waals surface area (Å²) in [5, 5.41) is 5.54. The molecule has 1 fully saturated rings. The van der Waals surface area contributed by atoms with E-state index in [1.807, 2.05) is 0 Å². The first-order chi connectivity index (χ1) is 14.8. The van der Waals surface area contributed by atoms with Crippen molar-refractivity contribution >= 4 is 33.0 Å². The zero-order valence-electron chi connectivity index (χ0n) is 17.5. The van der Waals surface area contributed by atoms with Gasteiger partial charge in [0.05, 0.1) is 25.7 Å². The molecular formula is C22H26N2O6S. The highest BCUT2D eigenvalue weighted by atomic mass is 32.2. The van der Waals surface area contributed by atoms with Gasteiger partial charge in [-0.15, -0.1) is 0 Å². The predicted octanol–water partition coefficient (Wildman–Crippen LogP) is 2.72. The number of benzene rings is 2. The summed E-state index contributed by atoms with van der Waals surface area (Å²) in [5.74, 6) is -0.242. The van der Waals surface area contributed by atoms with Crippen LogP contribution in [0, 0.1) is 11.8 Å². The van der Waals surface area contributed by atoms with Gasteiger partial charge < -0.3 is 20.1 Å². The van der Waals surface area contributed by atoms with E-state index >= 15 is 0 Å². The number of amides is 2.